The van der Waals surface area contributed by atoms with Gasteiger partial charge in [-0.1, -0.05) is 48.0 Å². The average molecular weight is 377 g/mol. The van der Waals surface area contributed by atoms with E-state index in [1.807, 2.05) is 37.3 Å². The number of amides is 2. The number of likely N-dealkylation sites (N-methyl/N-ethyl adjacent to an activating group) is 1. The standard InChI is InChI=1S/C20H22ClFN2O2/c1-3-23-20(26)14(2)24(13-15-8-5-4-6-9-15)19(25)12-16-17(21)10-7-11-18(16)22/h4-11,14H,3,12-13H2,1-2H3,(H,23,26)/t14-/m0/s1. The number of carbonyl (C=O) groups is 2. The molecule has 26 heavy (non-hydrogen) atoms. The number of halogens is 2. The minimum Gasteiger partial charge on any atom is -0.355 e. The Morgan fingerprint density at radius 3 is 2.46 bits per heavy atom. The Morgan fingerprint density at radius 2 is 1.85 bits per heavy atom. The summed E-state index contributed by atoms with van der Waals surface area (Å²) >= 11 is 6.04. The summed E-state index contributed by atoms with van der Waals surface area (Å²) in [5.74, 6) is -1.15. The van der Waals surface area contributed by atoms with Gasteiger partial charge in [0.15, 0.2) is 0 Å². The number of carbonyl (C=O) groups excluding carboxylic acids is 2. The molecule has 1 N–H and O–H groups in total. The molecule has 0 unspecified atom stereocenters. The molecule has 0 aliphatic rings. The van der Waals surface area contributed by atoms with Gasteiger partial charge in [0.1, 0.15) is 11.9 Å². The first-order valence-corrected chi connectivity index (χ1v) is 8.85. The highest BCUT2D eigenvalue weighted by Gasteiger charge is 2.27. The van der Waals surface area contributed by atoms with Crippen LogP contribution < -0.4 is 5.32 Å². The lowest BCUT2D eigenvalue weighted by Gasteiger charge is -2.29. The third kappa shape index (κ3) is 5.05. The Balaban J connectivity index is 2.26. The molecule has 0 fully saturated rings. The zero-order valence-corrected chi connectivity index (χ0v) is 15.6. The predicted octanol–water partition coefficient (Wildman–Crippen LogP) is 3.58. The molecule has 2 rings (SSSR count). The minimum atomic E-state index is -0.687. The fourth-order valence-corrected chi connectivity index (χ4v) is 2.87. The molecule has 0 aliphatic heterocycles. The van der Waals surface area contributed by atoms with E-state index in [9.17, 15) is 14.0 Å². The van der Waals surface area contributed by atoms with Crippen LogP contribution in [0.15, 0.2) is 48.5 Å². The molecule has 6 heteroatoms. The molecule has 1 atom stereocenters. The summed E-state index contributed by atoms with van der Waals surface area (Å²) in [5, 5.41) is 2.92. The lowest BCUT2D eigenvalue weighted by Crippen LogP contribution is -2.48. The summed E-state index contributed by atoms with van der Waals surface area (Å²) in [7, 11) is 0. The van der Waals surface area contributed by atoms with E-state index in [0.717, 1.165) is 5.56 Å². The van der Waals surface area contributed by atoms with Gasteiger partial charge in [0.2, 0.25) is 11.8 Å². The van der Waals surface area contributed by atoms with Gasteiger partial charge >= 0.3 is 0 Å². The lowest BCUT2D eigenvalue weighted by molar-refractivity contribution is -0.140. The summed E-state index contributed by atoms with van der Waals surface area (Å²) < 4.78 is 14.0. The molecule has 138 valence electrons. The maximum atomic E-state index is 14.0. The Bertz CT molecular complexity index is 747. The fraction of sp³-hybridized carbons (Fsp3) is 0.300. The molecular weight excluding hydrogens is 355 g/mol. The average Bonchev–Trinajstić information content (AvgIpc) is 2.63. The van der Waals surface area contributed by atoms with E-state index in [4.69, 9.17) is 11.6 Å². The zero-order valence-electron chi connectivity index (χ0n) is 14.8. The maximum Gasteiger partial charge on any atom is 0.242 e. The van der Waals surface area contributed by atoms with Crippen molar-refractivity contribution in [3.8, 4) is 0 Å². The predicted molar refractivity (Wildman–Crippen MR) is 100 cm³/mol. The molecule has 2 amide bonds. The summed E-state index contributed by atoms with van der Waals surface area (Å²) in [5.41, 5.74) is 1.02. The van der Waals surface area contributed by atoms with Gasteiger partial charge in [0.05, 0.1) is 6.42 Å². The summed E-state index contributed by atoms with van der Waals surface area (Å²) in [6, 6.07) is 13.0. The van der Waals surface area contributed by atoms with E-state index in [0.29, 0.717) is 6.54 Å². The zero-order chi connectivity index (χ0) is 19.1. The summed E-state index contributed by atoms with van der Waals surface area (Å²) in [4.78, 5) is 26.6. The second kappa shape index (κ2) is 9.34. The number of rotatable bonds is 7. The molecular formula is C20H22ClFN2O2. The van der Waals surface area contributed by atoms with Crippen molar-refractivity contribution in [3.63, 3.8) is 0 Å². The normalized spacial score (nSPS) is 11.7. The Kier molecular flexibility index (Phi) is 7.16. The van der Waals surface area contributed by atoms with Gasteiger partial charge in [-0.25, -0.2) is 4.39 Å². The van der Waals surface area contributed by atoms with E-state index in [1.54, 1.807) is 13.0 Å². The van der Waals surface area contributed by atoms with Crippen molar-refractivity contribution >= 4 is 23.4 Å². The van der Waals surface area contributed by atoms with Crippen LogP contribution in [0.4, 0.5) is 4.39 Å². The number of hydrogen-bond donors (Lipinski definition) is 1. The maximum absolute atomic E-state index is 14.0. The molecule has 0 aliphatic carbocycles. The van der Waals surface area contributed by atoms with Crippen LogP contribution in [0.1, 0.15) is 25.0 Å². The third-order valence-electron chi connectivity index (χ3n) is 4.10. The van der Waals surface area contributed by atoms with Gasteiger partial charge in [-0.3, -0.25) is 9.59 Å². The molecule has 0 bridgehead atoms. The molecule has 4 nitrogen and oxygen atoms in total. The molecule has 0 saturated heterocycles. The number of nitrogens with one attached hydrogen (secondary N) is 1. The number of nitrogens with zero attached hydrogens (tertiary/aromatic N) is 1. The summed E-state index contributed by atoms with van der Waals surface area (Å²) in [6.07, 6.45) is -0.206. The van der Waals surface area contributed by atoms with Crippen molar-refractivity contribution in [2.24, 2.45) is 0 Å². The lowest BCUT2D eigenvalue weighted by atomic mass is 10.1. The van der Waals surface area contributed by atoms with Crippen LogP contribution in [0.2, 0.25) is 5.02 Å². The Labute approximate surface area is 158 Å². The first-order valence-electron chi connectivity index (χ1n) is 8.48. The quantitative estimate of drug-likeness (QED) is 0.803. The number of hydrogen-bond acceptors (Lipinski definition) is 2. The van der Waals surface area contributed by atoms with Crippen molar-refractivity contribution < 1.29 is 14.0 Å². The van der Waals surface area contributed by atoms with Gasteiger partial charge in [0, 0.05) is 23.7 Å². The SMILES string of the molecule is CCNC(=O)[C@H](C)N(Cc1ccccc1)C(=O)Cc1c(F)cccc1Cl. The van der Waals surface area contributed by atoms with Crippen LogP contribution in [0.3, 0.4) is 0 Å². The molecule has 0 heterocycles. The topological polar surface area (TPSA) is 49.4 Å². The van der Waals surface area contributed by atoms with Crippen LogP contribution in [0.5, 0.6) is 0 Å². The first-order chi connectivity index (χ1) is 12.4. The van der Waals surface area contributed by atoms with E-state index in [-0.39, 0.29) is 35.4 Å². The third-order valence-corrected chi connectivity index (χ3v) is 4.46. The van der Waals surface area contributed by atoms with Crippen LogP contribution >= 0.6 is 11.6 Å². The molecule has 0 spiro atoms. The largest absolute Gasteiger partial charge is 0.355 e. The molecule has 0 aromatic heterocycles. The molecule has 0 radical (unpaired) electrons. The van der Waals surface area contributed by atoms with Crippen molar-refractivity contribution in [2.45, 2.75) is 32.9 Å². The van der Waals surface area contributed by atoms with E-state index < -0.39 is 11.9 Å². The van der Waals surface area contributed by atoms with Gasteiger partial charge in [0.25, 0.3) is 0 Å². The summed E-state index contributed by atoms with van der Waals surface area (Å²) in [6.45, 7) is 4.20. The van der Waals surface area contributed by atoms with Gasteiger partial charge in [-0.15, -0.1) is 0 Å². The molecule has 2 aromatic carbocycles. The van der Waals surface area contributed by atoms with Gasteiger partial charge in [-0.2, -0.15) is 0 Å². The van der Waals surface area contributed by atoms with Crippen molar-refractivity contribution in [1.29, 1.82) is 0 Å². The van der Waals surface area contributed by atoms with E-state index >= 15 is 0 Å². The highest BCUT2D eigenvalue weighted by Crippen LogP contribution is 2.21. The first kappa shape index (κ1) is 19.9. The Hall–Kier alpha value is -2.40. The van der Waals surface area contributed by atoms with Crippen molar-refractivity contribution in [2.75, 3.05) is 6.54 Å². The molecule has 0 saturated carbocycles. The highest BCUT2D eigenvalue weighted by atomic mass is 35.5. The second-order valence-electron chi connectivity index (χ2n) is 5.95. The van der Waals surface area contributed by atoms with Crippen molar-refractivity contribution in [1.82, 2.24) is 10.2 Å². The Morgan fingerprint density at radius 1 is 1.15 bits per heavy atom. The van der Waals surface area contributed by atoms with Crippen molar-refractivity contribution in [3.05, 3.63) is 70.5 Å². The highest BCUT2D eigenvalue weighted by molar-refractivity contribution is 6.31. The van der Waals surface area contributed by atoms with Crippen LogP contribution in [-0.4, -0.2) is 29.3 Å². The van der Waals surface area contributed by atoms with Gasteiger partial charge in [-0.05, 0) is 31.5 Å². The monoisotopic (exact) mass is 376 g/mol. The van der Waals surface area contributed by atoms with E-state index in [2.05, 4.69) is 5.32 Å². The van der Waals surface area contributed by atoms with Crippen LogP contribution in [-0.2, 0) is 22.6 Å². The smallest absolute Gasteiger partial charge is 0.242 e. The molecule has 2 aromatic rings. The second-order valence-corrected chi connectivity index (χ2v) is 6.36. The minimum absolute atomic E-state index is 0.139. The van der Waals surface area contributed by atoms with Crippen LogP contribution in [0.25, 0.3) is 0 Å². The van der Waals surface area contributed by atoms with Crippen LogP contribution in [0, 0.1) is 5.82 Å². The van der Waals surface area contributed by atoms with E-state index in [1.165, 1.54) is 17.0 Å². The number of benzene rings is 2. The van der Waals surface area contributed by atoms with Gasteiger partial charge < -0.3 is 10.2 Å². The fourth-order valence-electron chi connectivity index (χ4n) is 2.64.